The van der Waals surface area contributed by atoms with E-state index in [0.717, 1.165) is 12.0 Å². The van der Waals surface area contributed by atoms with E-state index in [2.05, 4.69) is 21.2 Å². The molecule has 3 heteroatoms. The van der Waals surface area contributed by atoms with Crippen LogP contribution in [0.3, 0.4) is 0 Å². The Balaban J connectivity index is 2.76. The first-order valence-corrected chi connectivity index (χ1v) is 6.40. The van der Waals surface area contributed by atoms with Crippen LogP contribution < -0.4 is 5.32 Å². The van der Waals surface area contributed by atoms with Crippen LogP contribution in [0, 0.1) is 0 Å². The molecule has 0 heterocycles. The third-order valence-corrected chi connectivity index (χ3v) is 3.64. The first-order valence-electron chi connectivity index (χ1n) is 5.49. The van der Waals surface area contributed by atoms with E-state index < -0.39 is 0 Å². The maximum atomic E-state index is 11.8. The van der Waals surface area contributed by atoms with Crippen LogP contribution in [0.5, 0.6) is 0 Å². The van der Waals surface area contributed by atoms with E-state index in [1.165, 1.54) is 0 Å². The maximum Gasteiger partial charge on any atom is 0.234 e. The quantitative estimate of drug-likeness (QED) is 0.845. The summed E-state index contributed by atoms with van der Waals surface area (Å²) in [5, 5.41) is 3.04. The zero-order valence-electron chi connectivity index (χ0n) is 9.96. The van der Waals surface area contributed by atoms with Crippen LogP contribution in [-0.4, -0.2) is 10.7 Å². The second kappa shape index (κ2) is 5.48. The van der Waals surface area contributed by atoms with Crippen molar-refractivity contribution in [1.29, 1.82) is 0 Å². The normalized spacial score (nSPS) is 13.2. The van der Waals surface area contributed by atoms with Gasteiger partial charge in [-0.2, -0.15) is 0 Å². The molecular formula is C13H18BrNO. The molecule has 1 unspecified atom stereocenters. The van der Waals surface area contributed by atoms with Crippen LogP contribution >= 0.6 is 15.9 Å². The lowest BCUT2D eigenvalue weighted by molar-refractivity contribution is -0.122. The van der Waals surface area contributed by atoms with Crippen molar-refractivity contribution < 1.29 is 4.79 Å². The van der Waals surface area contributed by atoms with Gasteiger partial charge < -0.3 is 5.32 Å². The molecule has 1 amide bonds. The van der Waals surface area contributed by atoms with Gasteiger partial charge in [0.1, 0.15) is 0 Å². The van der Waals surface area contributed by atoms with E-state index in [4.69, 9.17) is 0 Å². The van der Waals surface area contributed by atoms with Gasteiger partial charge in [-0.05, 0) is 25.8 Å². The molecule has 0 spiro atoms. The molecule has 2 nitrogen and oxygen atoms in total. The molecule has 0 aromatic heterocycles. The maximum absolute atomic E-state index is 11.8. The third-order valence-electron chi connectivity index (χ3n) is 2.57. The van der Waals surface area contributed by atoms with Crippen LogP contribution in [0.25, 0.3) is 0 Å². The largest absolute Gasteiger partial charge is 0.346 e. The number of carbonyl (C=O) groups is 1. The number of alkyl halides is 1. The van der Waals surface area contributed by atoms with Gasteiger partial charge in [-0.1, -0.05) is 53.2 Å². The monoisotopic (exact) mass is 283 g/mol. The van der Waals surface area contributed by atoms with Gasteiger partial charge in [0.15, 0.2) is 0 Å². The van der Waals surface area contributed by atoms with Crippen molar-refractivity contribution in [3.05, 3.63) is 35.9 Å². The van der Waals surface area contributed by atoms with Crippen LogP contribution in [0.15, 0.2) is 30.3 Å². The molecule has 1 N–H and O–H groups in total. The van der Waals surface area contributed by atoms with E-state index in [9.17, 15) is 4.79 Å². The smallest absolute Gasteiger partial charge is 0.234 e. The Labute approximate surface area is 106 Å². The van der Waals surface area contributed by atoms with E-state index in [-0.39, 0.29) is 16.3 Å². The van der Waals surface area contributed by atoms with E-state index in [1.54, 1.807) is 0 Å². The Hall–Kier alpha value is -0.830. The fourth-order valence-corrected chi connectivity index (χ4v) is 1.61. The Morgan fingerprint density at radius 2 is 1.94 bits per heavy atom. The number of halogens is 1. The lowest BCUT2D eigenvalue weighted by Crippen LogP contribution is -2.44. The molecule has 88 valence electrons. The standard InChI is InChI=1S/C13H18BrNO/c1-4-11(14)12(16)15-13(2,3)10-8-6-5-7-9-10/h5-9,11H,4H2,1-3H3,(H,15,16). The van der Waals surface area contributed by atoms with Crippen molar-refractivity contribution in [2.24, 2.45) is 0 Å². The molecule has 1 rings (SSSR count). The van der Waals surface area contributed by atoms with Crippen LogP contribution in [0.4, 0.5) is 0 Å². The van der Waals surface area contributed by atoms with Crippen molar-refractivity contribution in [2.45, 2.75) is 37.6 Å². The number of benzene rings is 1. The lowest BCUT2D eigenvalue weighted by Gasteiger charge is -2.28. The number of rotatable bonds is 4. The van der Waals surface area contributed by atoms with E-state index in [1.807, 2.05) is 51.1 Å². The summed E-state index contributed by atoms with van der Waals surface area (Å²) in [5.41, 5.74) is 0.777. The van der Waals surface area contributed by atoms with Crippen molar-refractivity contribution in [2.75, 3.05) is 0 Å². The highest BCUT2D eigenvalue weighted by Crippen LogP contribution is 2.20. The lowest BCUT2D eigenvalue weighted by atomic mass is 9.94. The summed E-state index contributed by atoms with van der Waals surface area (Å²) in [5.74, 6) is 0.0383. The fourth-order valence-electron chi connectivity index (χ4n) is 1.50. The van der Waals surface area contributed by atoms with Gasteiger partial charge in [0.2, 0.25) is 5.91 Å². The highest BCUT2D eigenvalue weighted by Gasteiger charge is 2.24. The molecule has 0 aliphatic carbocycles. The Morgan fingerprint density at radius 1 is 1.38 bits per heavy atom. The van der Waals surface area contributed by atoms with Gasteiger partial charge in [-0.15, -0.1) is 0 Å². The molecule has 0 saturated carbocycles. The highest BCUT2D eigenvalue weighted by atomic mass is 79.9. The first-order chi connectivity index (χ1) is 7.47. The van der Waals surface area contributed by atoms with Crippen molar-refractivity contribution in [3.63, 3.8) is 0 Å². The SMILES string of the molecule is CCC(Br)C(=O)NC(C)(C)c1ccccc1. The predicted molar refractivity (Wildman–Crippen MR) is 70.6 cm³/mol. The zero-order valence-corrected chi connectivity index (χ0v) is 11.5. The zero-order chi connectivity index (χ0) is 12.2. The molecule has 0 bridgehead atoms. The molecular weight excluding hydrogens is 266 g/mol. The van der Waals surface area contributed by atoms with Gasteiger partial charge in [0, 0.05) is 0 Å². The summed E-state index contributed by atoms with van der Waals surface area (Å²) in [6.45, 7) is 6.00. The molecule has 1 aromatic carbocycles. The van der Waals surface area contributed by atoms with Gasteiger partial charge in [-0.3, -0.25) is 4.79 Å². The highest BCUT2D eigenvalue weighted by molar-refractivity contribution is 9.10. The Kier molecular flexibility index (Phi) is 4.54. The number of nitrogens with one attached hydrogen (secondary N) is 1. The Morgan fingerprint density at radius 3 is 2.44 bits per heavy atom. The minimum atomic E-state index is -0.334. The van der Waals surface area contributed by atoms with Gasteiger partial charge >= 0.3 is 0 Å². The van der Waals surface area contributed by atoms with Gasteiger partial charge in [0.25, 0.3) is 0 Å². The van der Waals surface area contributed by atoms with Crippen molar-refractivity contribution in [1.82, 2.24) is 5.32 Å². The van der Waals surface area contributed by atoms with Gasteiger partial charge in [0.05, 0.1) is 10.4 Å². The molecule has 0 radical (unpaired) electrons. The van der Waals surface area contributed by atoms with Crippen LogP contribution in [0.1, 0.15) is 32.8 Å². The van der Waals surface area contributed by atoms with E-state index >= 15 is 0 Å². The van der Waals surface area contributed by atoms with Crippen LogP contribution in [-0.2, 0) is 10.3 Å². The molecule has 16 heavy (non-hydrogen) atoms. The molecule has 0 aliphatic heterocycles. The number of hydrogen-bond acceptors (Lipinski definition) is 1. The predicted octanol–water partition coefficient (Wildman–Crippen LogP) is 3.21. The number of carbonyl (C=O) groups excluding carboxylic acids is 1. The summed E-state index contributed by atoms with van der Waals surface area (Å²) in [4.78, 5) is 11.7. The van der Waals surface area contributed by atoms with Crippen LogP contribution in [0.2, 0.25) is 0 Å². The molecule has 1 atom stereocenters. The van der Waals surface area contributed by atoms with Gasteiger partial charge in [-0.25, -0.2) is 0 Å². The molecule has 0 aliphatic rings. The average Bonchev–Trinajstić information content (AvgIpc) is 2.28. The fraction of sp³-hybridized carbons (Fsp3) is 0.462. The molecule has 1 aromatic rings. The first kappa shape index (κ1) is 13.2. The second-order valence-electron chi connectivity index (χ2n) is 4.36. The van der Waals surface area contributed by atoms with Crippen molar-refractivity contribution >= 4 is 21.8 Å². The Bertz CT molecular complexity index is 348. The summed E-state index contributed by atoms with van der Waals surface area (Å²) in [6.07, 6.45) is 0.788. The molecule has 0 saturated heterocycles. The summed E-state index contributed by atoms with van der Waals surface area (Å²) in [7, 11) is 0. The van der Waals surface area contributed by atoms with Crippen molar-refractivity contribution in [3.8, 4) is 0 Å². The number of amides is 1. The minimum Gasteiger partial charge on any atom is -0.346 e. The summed E-state index contributed by atoms with van der Waals surface area (Å²) < 4.78 is 0. The average molecular weight is 284 g/mol. The topological polar surface area (TPSA) is 29.1 Å². The summed E-state index contributed by atoms with van der Waals surface area (Å²) >= 11 is 3.36. The minimum absolute atomic E-state index is 0.0383. The third kappa shape index (κ3) is 3.34. The second-order valence-corrected chi connectivity index (χ2v) is 5.46. The number of hydrogen-bond donors (Lipinski definition) is 1. The molecule has 0 fully saturated rings. The summed E-state index contributed by atoms with van der Waals surface area (Å²) in [6, 6.07) is 9.98. The van der Waals surface area contributed by atoms with E-state index in [0.29, 0.717) is 0 Å².